The molecular weight excluding hydrogens is 142 g/mol. The van der Waals surface area contributed by atoms with E-state index in [2.05, 4.69) is 0 Å². The van der Waals surface area contributed by atoms with E-state index in [1.807, 2.05) is 6.07 Å². The van der Waals surface area contributed by atoms with E-state index < -0.39 is 11.9 Å². The smallest absolute Gasteiger partial charge is 0.310 e. The first-order chi connectivity index (χ1) is 5.25. The van der Waals surface area contributed by atoms with Crippen molar-refractivity contribution in [3.8, 4) is 6.07 Å². The third kappa shape index (κ3) is 1.58. The van der Waals surface area contributed by atoms with Gasteiger partial charge in [0.25, 0.3) is 0 Å². The Morgan fingerprint density at radius 2 is 2.55 bits per heavy atom. The molecule has 11 heavy (non-hydrogen) atoms. The predicted octanol–water partition coefficient (Wildman–Crippen LogP) is 1.32. The molecule has 3 nitrogen and oxygen atoms in total. The van der Waals surface area contributed by atoms with Gasteiger partial charge in [-0.15, -0.1) is 0 Å². The van der Waals surface area contributed by atoms with E-state index in [9.17, 15) is 4.79 Å². The lowest BCUT2D eigenvalue weighted by molar-refractivity contribution is -0.140. The average molecular weight is 151 g/mol. The number of hydrogen-bond donors (Lipinski definition) is 1. The molecule has 0 radical (unpaired) electrons. The van der Waals surface area contributed by atoms with Gasteiger partial charge in [-0.25, -0.2) is 0 Å². The van der Waals surface area contributed by atoms with Crippen molar-refractivity contribution in [2.24, 2.45) is 5.92 Å². The Bertz CT molecular complexity index is 237. The van der Waals surface area contributed by atoms with Crippen LogP contribution in [0.25, 0.3) is 0 Å². The first kappa shape index (κ1) is 7.80. The van der Waals surface area contributed by atoms with E-state index in [1.54, 1.807) is 0 Å². The standard InChI is InChI=1S/C8H9NO2/c9-5-4-6-2-1-3-7(6)8(10)11/h4,7H,1-3H2,(H,10,11). The summed E-state index contributed by atoms with van der Waals surface area (Å²) in [6, 6.07) is 1.87. The van der Waals surface area contributed by atoms with E-state index in [1.165, 1.54) is 6.08 Å². The van der Waals surface area contributed by atoms with Crippen LogP contribution in [0, 0.1) is 17.2 Å². The van der Waals surface area contributed by atoms with Crippen LogP contribution in [0.1, 0.15) is 19.3 Å². The number of nitrogens with zero attached hydrogens (tertiary/aromatic N) is 1. The molecule has 3 heteroatoms. The van der Waals surface area contributed by atoms with Crippen molar-refractivity contribution in [1.29, 1.82) is 5.26 Å². The van der Waals surface area contributed by atoms with Gasteiger partial charge in [-0.1, -0.05) is 0 Å². The zero-order valence-corrected chi connectivity index (χ0v) is 6.08. The maximum atomic E-state index is 10.5. The average Bonchev–Trinajstić information content (AvgIpc) is 2.36. The molecule has 1 aliphatic rings. The first-order valence-corrected chi connectivity index (χ1v) is 3.57. The first-order valence-electron chi connectivity index (χ1n) is 3.57. The Morgan fingerprint density at radius 3 is 3.09 bits per heavy atom. The van der Waals surface area contributed by atoms with Gasteiger partial charge in [-0.05, 0) is 24.8 Å². The monoisotopic (exact) mass is 151 g/mol. The lowest BCUT2D eigenvalue weighted by Gasteiger charge is -2.02. The van der Waals surface area contributed by atoms with Crippen molar-refractivity contribution in [2.45, 2.75) is 19.3 Å². The fourth-order valence-electron chi connectivity index (χ4n) is 1.41. The molecule has 0 amide bonds. The van der Waals surface area contributed by atoms with E-state index in [0.29, 0.717) is 6.42 Å². The number of nitriles is 1. The summed E-state index contributed by atoms with van der Waals surface area (Å²) in [6.45, 7) is 0. The molecule has 58 valence electrons. The van der Waals surface area contributed by atoms with Crippen molar-refractivity contribution < 1.29 is 9.90 Å². The normalized spacial score (nSPS) is 26.8. The third-order valence-corrected chi connectivity index (χ3v) is 1.95. The van der Waals surface area contributed by atoms with Crippen molar-refractivity contribution in [2.75, 3.05) is 0 Å². The predicted molar refractivity (Wildman–Crippen MR) is 38.7 cm³/mol. The van der Waals surface area contributed by atoms with Gasteiger partial charge in [0.05, 0.1) is 12.0 Å². The van der Waals surface area contributed by atoms with Crippen LogP contribution in [-0.4, -0.2) is 11.1 Å². The Kier molecular flexibility index (Phi) is 2.27. The van der Waals surface area contributed by atoms with Gasteiger partial charge in [0.2, 0.25) is 0 Å². The quantitative estimate of drug-likeness (QED) is 0.575. The molecule has 0 aromatic rings. The number of aliphatic carboxylic acids is 1. The SMILES string of the molecule is N#CC=C1CCCC1C(=O)O. The minimum atomic E-state index is -0.802. The van der Waals surface area contributed by atoms with Crippen molar-refractivity contribution in [3.63, 3.8) is 0 Å². The topological polar surface area (TPSA) is 61.1 Å². The van der Waals surface area contributed by atoms with Gasteiger partial charge >= 0.3 is 5.97 Å². The molecule has 0 aromatic heterocycles. The molecule has 1 fully saturated rings. The van der Waals surface area contributed by atoms with Crippen LogP contribution < -0.4 is 0 Å². The number of hydrogen-bond acceptors (Lipinski definition) is 2. The van der Waals surface area contributed by atoms with Gasteiger partial charge in [-0.2, -0.15) is 5.26 Å². The maximum Gasteiger partial charge on any atom is 0.310 e. The number of allylic oxidation sites excluding steroid dienone is 1. The van der Waals surface area contributed by atoms with Crippen LogP contribution in [0.4, 0.5) is 0 Å². The minimum Gasteiger partial charge on any atom is -0.481 e. The van der Waals surface area contributed by atoms with E-state index in [0.717, 1.165) is 18.4 Å². The lowest BCUT2D eigenvalue weighted by atomic mass is 10.0. The molecule has 1 N–H and O–H groups in total. The van der Waals surface area contributed by atoms with Gasteiger partial charge in [-0.3, -0.25) is 4.79 Å². The van der Waals surface area contributed by atoms with Crippen molar-refractivity contribution >= 4 is 5.97 Å². The summed E-state index contributed by atoms with van der Waals surface area (Å²) in [7, 11) is 0. The molecule has 0 aromatic carbocycles. The molecule has 1 aliphatic carbocycles. The van der Waals surface area contributed by atoms with Gasteiger partial charge in [0.15, 0.2) is 0 Å². The van der Waals surface area contributed by atoms with Crippen molar-refractivity contribution in [3.05, 3.63) is 11.6 Å². The molecule has 1 rings (SSSR count). The molecular formula is C8H9NO2. The molecule has 0 aliphatic heterocycles. The highest BCUT2D eigenvalue weighted by atomic mass is 16.4. The van der Waals surface area contributed by atoms with Crippen LogP contribution in [0.2, 0.25) is 0 Å². The summed E-state index contributed by atoms with van der Waals surface area (Å²) in [5.74, 6) is -1.20. The zero-order chi connectivity index (χ0) is 8.27. The highest BCUT2D eigenvalue weighted by Crippen LogP contribution is 2.30. The number of carbonyl (C=O) groups is 1. The molecule has 1 saturated carbocycles. The van der Waals surface area contributed by atoms with Crippen LogP contribution in [-0.2, 0) is 4.79 Å². The Hall–Kier alpha value is -1.30. The highest BCUT2D eigenvalue weighted by Gasteiger charge is 2.26. The minimum absolute atomic E-state index is 0.394. The van der Waals surface area contributed by atoms with Gasteiger partial charge in [0, 0.05) is 6.08 Å². The number of rotatable bonds is 1. The molecule has 0 heterocycles. The number of carboxylic acids is 1. The van der Waals surface area contributed by atoms with Crippen LogP contribution in [0.5, 0.6) is 0 Å². The van der Waals surface area contributed by atoms with Crippen LogP contribution in [0.3, 0.4) is 0 Å². The Morgan fingerprint density at radius 1 is 1.82 bits per heavy atom. The summed E-state index contributed by atoms with van der Waals surface area (Å²) >= 11 is 0. The Balaban J connectivity index is 2.75. The lowest BCUT2D eigenvalue weighted by Crippen LogP contribution is -2.10. The maximum absolute atomic E-state index is 10.5. The fraction of sp³-hybridized carbons (Fsp3) is 0.500. The summed E-state index contributed by atoms with van der Waals surface area (Å²) in [6.07, 6.45) is 3.71. The second-order valence-electron chi connectivity index (χ2n) is 2.63. The van der Waals surface area contributed by atoms with E-state index in [-0.39, 0.29) is 0 Å². The number of carboxylic acid groups (broad SMARTS) is 1. The second kappa shape index (κ2) is 3.20. The molecule has 0 saturated heterocycles. The van der Waals surface area contributed by atoms with Crippen molar-refractivity contribution in [1.82, 2.24) is 0 Å². The van der Waals surface area contributed by atoms with Gasteiger partial charge < -0.3 is 5.11 Å². The largest absolute Gasteiger partial charge is 0.481 e. The molecule has 1 unspecified atom stereocenters. The van der Waals surface area contributed by atoms with E-state index >= 15 is 0 Å². The second-order valence-corrected chi connectivity index (χ2v) is 2.63. The fourth-order valence-corrected chi connectivity index (χ4v) is 1.41. The Labute approximate surface area is 64.9 Å². The zero-order valence-electron chi connectivity index (χ0n) is 6.08. The molecule has 0 spiro atoms. The summed E-state index contributed by atoms with van der Waals surface area (Å²) in [4.78, 5) is 10.5. The molecule has 1 atom stereocenters. The summed E-state index contributed by atoms with van der Waals surface area (Å²) < 4.78 is 0. The van der Waals surface area contributed by atoms with E-state index in [4.69, 9.17) is 10.4 Å². The van der Waals surface area contributed by atoms with Gasteiger partial charge in [0.1, 0.15) is 0 Å². The summed E-state index contributed by atoms with van der Waals surface area (Å²) in [5, 5.41) is 17.0. The van der Waals surface area contributed by atoms with Crippen LogP contribution >= 0.6 is 0 Å². The summed E-state index contributed by atoms with van der Waals surface area (Å²) in [5.41, 5.74) is 0.778. The molecule has 0 bridgehead atoms. The highest BCUT2D eigenvalue weighted by molar-refractivity contribution is 5.74. The van der Waals surface area contributed by atoms with Crippen LogP contribution in [0.15, 0.2) is 11.6 Å². The third-order valence-electron chi connectivity index (χ3n) is 1.95.